The zero-order valence-corrected chi connectivity index (χ0v) is 25.2. The van der Waals surface area contributed by atoms with E-state index >= 15 is 0 Å². The number of alkyl carbamates (subject to hydrolysis) is 1. The molecule has 5 aromatic rings. The lowest BCUT2D eigenvalue weighted by Gasteiger charge is -2.40. The fourth-order valence-corrected chi connectivity index (χ4v) is 7.26. The molecule has 1 N–H and O–H groups in total. The first kappa shape index (κ1) is 30.0. The van der Waals surface area contributed by atoms with Gasteiger partial charge in [-0.3, -0.25) is 9.78 Å². The summed E-state index contributed by atoms with van der Waals surface area (Å²) in [6.45, 7) is 0.0758. The first-order valence-electron chi connectivity index (χ1n) is 14.6. The average Bonchev–Trinajstić information content (AvgIpc) is 3.08. The van der Waals surface area contributed by atoms with Crippen molar-refractivity contribution < 1.29 is 22.7 Å². The van der Waals surface area contributed by atoms with Gasteiger partial charge in [0.1, 0.15) is 4.90 Å². The Labute approximate surface area is 262 Å². The Morgan fingerprint density at radius 1 is 0.800 bits per heavy atom. The molecule has 1 aliphatic rings. The number of hydrogen-bond acceptors (Lipinski definition) is 6. The zero-order chi connectivity index (χ0) is 31.2. The molecule has 6 rings (SSSR count). The summed E-state index contributed by atoms with van der Waals surface area (Å²) >= 11 is 0. The van der Waals surface area contributed by atoms with E-state index in [9.17, 15) is 18.0 Å². The summed E-state index contributed by atoms with van der Waals surface area (Å²) in [5, 5.41) is 3.37. The summed E-state index contributed by atoms with van der Waals surface area (Å²) in [5.41, 5.74) is 2.79. The van der Waals surface area contributed by atoms with Crippen LogP contribution in [0.4, 0.5) is 4.79 Å². The van der Waals surface area contributed by atoms with Crippen molar-refractivity contribution in [2.24, 2.45) is 0 Å². The number of para-hydroxylation sites is 1. The molecule has 45 heavy (non-hydrogen) atoms. The summed E-state index contributed by atoms with van der Waals surface area (Å²) < 4.78 is 35.3. The third kappa shape index (κ3) is 6.57. The van der Waals surface area contributed by atoms with Gasteiger partial charge in [0.05, 0.1) is 18.0 Å². The molecule has 1 atom stereocenters. The first-order valence-corrected chi connectivity index (χ1v) is 16.1. The number of ether oxygens (including phenoxy) is 1. The average molecular weight is 621 g/mol. The molecule has 10 heteroatoms. The van der Waals surface area contributed by atoms with Crippen LogP contribution in [-0.4, -0.2) is 60.5 Å². The van der Waals surface area contributed by atoms with Gasteiger partial charge in [-0.15, -0.1) is 0 Å². The summed E-state index contributed by atoms with van der Waals surface area (Å²) in [7, 11) is -4.20. The third-order valence-electron chi connectivity index (χ3n) is 7.82. The van der Waals surface area contributed by atoms with E-state index in [-0.39, 0.29) is 37.0 Å². The van der Waals surface area contributed by atoms with Gasteiger partial charge >= 0.3 is 6.09 Å². The highest BCUT2D eigenvalue weighted by Crippen LogP contribution is 2.31. The number of nitrogens with zero attached hydrogens (tertiary/aromatic N) is 3. The van der Waals surface area contributed by atoms with Crippen molar-refractivity contribution in [3.63, 3.8) is 0 Å². The number of sulfonamides is 1. The highest BCUT2D eigenvalue weighted by molar-refractivity contribution is 7.89. The van der Waals surface area contributed by atoms with Gasteiger partial charge in [0.2, 0.25) is 15.9 Å². The van der Waals surface area contributed by atoms with E-state index in [4.69, 9.17) is 4.74 Å². The van der Waals surface area contributed by atoms with Crippen LogP contribution >= 0.6 is 0 Å². The predicted octanol–water partition coefficient (Wildman–Crippen LogP) is 5.15. The molecule has 1 saturated heterocycles. The number of benzene rings is 4. The van der Waals surface area contributed by atoms with E-state index in [1.165, 1.54) is 12.3 Å². The molecule has 2 amide bonds. The molecule has 1 aliphatic heterocycles. The van der Waals surface area contributed by atoms with Crippen LogP contribution in [-0.2, 0) is 26.1 Å². The van der Waals surface area contributed by atoms with Crippen LogP contribution in [0.1, 0.15) is 22.6 Å². The van der Waals surface area contributed by atoms with Gasteiger partial charge < -0.3 is 15.0 Å². The van der Waals surface area contributed by atoms with Crippen molar-refractivity contribution >= 4 is 32.9 Å². The molecular formula is C35H32N4O5S. The summed E-state index contributed by atoms with van der Waals surface area (Å²) in [6, 6.07) is 36.7. The van der Waals surface area contributed by atoms with Gasteiger partial charge in [0.25, 0.3) is 0 Å². The molecule has 1 unspecified atom stereocenters. The Morgan fingerprint density at radius 2 is 1.42 bits per heavy atom. The quantitative estimate of drug-likeness (QED) is 0.257. The topological polar surface area (TPSA) is 109 Å². The molecule has 0 spiro atoms. The maximum Gasteiger partial charge on any atom is 0.409 e. The normalized spacial score (nSPS) is 15.6. The Bertz CT molecular complexity index is 1840. The maximum atomic E-state index is 14.2. The zero-order valence-electron chi connectivity index (χ0n) is 24.4. The number of hydrogen-bond donors (Lipinski definition) is 1. The van der Waals surface area contributed by atoms with Gasteiger partial charge in [-0.2, -0.15) is 4.31 Å². The van der Waals surface area contributed by atoms with Crippen LogP contribution in [0, 0.1) is 0 Å². The Kier molecular flexibility index (Phi) is 8.86. The second-order valence-corrected chi connectivity index (χ2v) is 12.5. The molecule has 4 aromatic carbocycles. The molecule has 228 valence electrons. The molecule has 0 aliphatic carbocycles. The smallest absolute Gasteiger partial charge is 0.409 e. The van der Waals surface area contributed by atoms with E-state index in [0.29, 0.717) is 10.9 Å². The standard InChI is InChI=1S/C35H32N4O5S/c40-34(32(27-14-6-2-7-15-27)28-16-8-3-9-17-28)38-22-23-39(31(25-38)44-35(41)37-24-26-12-4-1-5-13-26)45(42,43)30-20-10-18-29-19-11-21-36-33(29)30/h1-21,31-32H,22-25H2,(H,37,41). The number of piperazine rings is 1. The lowest BCUT2D eigenvalue weighted by molar-refractivity contribution is -0.137. The highest BCUT2D eigenvalue weighted by Gasteiger charge is 2.42. The van der Waals surface area contributed by atoms with Crippen LogP contribution in [0.15, 0.2) is 132 Å². The van der Waals surface area contributed by atoms with E-state index in [1.807, 2.05) is 91.0 Å². The van der Waals surface area contributed by atoms with Crippen LogP contribution in [0.3, 0.4) is 0 Å². The number of rotatable bonds is 8. The summed E-state index contributed by atoms with van der Waals surface area (Å²) in [6.07, 6.45) is -0.539. The largest absolute Gasteiger partial charge is 0.427 e. The molecule has 0 radical (unpaired) electrons. The number of fused-ring (bicyclic) bond motifs is 1. The molecular weight excluding hydrogens is 588 g/mol. The van der Waals surface area contributed by atoms with Crippen molar-refractivity contribution in [1.82, 2.24) is 19.5 Å². The third-order valence-corrected chi connectivity index (χ3v) is 9.74. The Balaban J connectivity index is 1.31. The SMILES string of the molecule is O=C(NCc1ccccc1)OC1CN(C(=O)C(c2ccccc2)c2ccccc2)CCN1S(=O)(=O)c1cccc2cccnc12. The first-order chi connectivity index (χ1) is 21.9. The second-order valence-electron chi connectivity index (χ2n) is 10.7. The molecule has 1 fully saturated rings. The minimum absolute atomic E-state index is 0.00474. The molecule has 1 aromatic heterocycles. The number of nitrogens with one attached hydrogen (secondary N) is 1. The van der Waals surface area contributed by atoms with E-state index in [0.717, 1.165) is 21.0 Å². The maximum absolute atomic E-state index is 14.2. The monoisotopic (exact) mass is 620 g/mol. The number of amides is 2. The van der Waals surface area contributed by atoms with Gasteiger partial charge in [-0.25, -0.2) is 13.2 Å². The minimum Gasteiger partial charge on any atom is -0.427 e. The van der Waals surface area contributed by atoms with Gasteiger partial charge in [-0.05, 0) is 28.8 Å². The van der Waals surface area contributed by atoms with Crippen LogP contribution < -0.4 is 5.32 Å². The summed E-state index contributed by atoms with van der Waals surface area (Å²) in [5.74, 6) is -0.833. The van der Waals surface area contributed by atoms with Crippen molar-refractivity contribution in [2.45, 2.75) is 23.6 Å². The van der Waals surface area contributed by atoms with Crippen molar-refractivity contribution in [2.75, 3.05) is 19.6 Å². The molecule has 9 nitrogen and oxygen atoms in total. The minimum atomic E-state index is -4.20. The number of pyridine rings is 1. The highest BCUT2D eigenvalue weighted by atomic mass is 32.2. The Morgan fingerprint density at radius 3 is 2.09 bits per heavy atom. The van der Waals surface area contributed by atoms with Crippen molar-refractivity contribution in [3.05, 3.63) is 144 Å². The molecule has 0 saturated carbocycles. The fraction of sp³-hybridized carbons (Fsp3) is 0.171. The van der Waals surface area contributed by atoms with E-state index in [1.54, 1.807) is 29.2 Å². The van der Waals surface area contributed by atoms with Crippen molar-refractivity contribution in [3.8, 4) is 0 Å². The van der Waals surface area contributed by atoms with Crippen LogP contribution in [0.5, 0.6) is 0 Å². The number of aromatic nitrogens is 1. The van der Waals surface area contributed by atoms with Gasteiger partial charge in [0, 0.05) is 31.2 Å². The Hall–Kier alpha value is -5.06. The lowest BCUT2D eigenvalue weighted by atomic mass is 9.90. The molecule has 0 bridgehead atoms. The van der Waals surface area contributed by atoms with E-state index < -0.39 is 28.3 Å². The van der Waals surface area contributed by atoms with Gasteiger partial charge in [0.15, 0.2) is 6.23 Å². The second kappa shape index (κ2) is 13.3. The lowest BCUT2D eigenvalue weighted by Crippen LogP contribution is -2.59. The molecule has 2 heterocycles. The van der Waals surface area contributed by atoms with Crippen LogP contribution in [0.2, 0.25) is 0 Å². The predicted molar refractivity (Wildman–Crippen MR) is 170 cm³/mol. The van der Waals surface area contributed by atoms with Crippen molar-refractivity contribution in [1.29, 1.82) is 0 Å². The summed E-state index contributed by atoms with van der Waals surface area (Å²) in [4.78, 5) is 33.2. The number of carbonyl (C=O) groups is 2. The fourth-order valence-electron chi connectivity index (χ4n) is 5.60. The van der Waals surface area contributed by atoms with Crippen LogP contribution in [0.25, 0.3) is 10.9 Å². The van der Waals surface area contributed by atoms with E-state index in [2.05, 4.69) is 10.3 Å². The number of carbonyl (C=O) groups excluding carboxylic acids is 2. The van der Waals surface area contributed by atoms with Gasteiger partial charge in [-0.1, -0.05) is 109 Å².